The number of allylic oxidation sites excluding steroid dienone is 7. The van der Waals surface area contributed by atoms with Crippen LogP contribution in [0.4, 0.5) is 0 Å². The number of likely N-dealkylation sites (tertiary alicyclic amines) is 1. The van der Waals surface area contributed by atoms with Crippen LogP contribution in [-0.4, -0.2) is 30.4 Å². The third-order valence-electron chi connectivity index (χ3n) is 5.69. The highest BCUT2D eigenvalue weighted by Crippen LogP contribution is 2.45. The summed E-state index contributed by atoms with van der Waals surface area (Å²) in [6.07, 6.45) is 16.9. The van der Waals surface area contributed by atoms with Crippen molar-refractivity contribution in [3.63, 3.8) is 0 Å². The summed E-state index contributed by atoms with van der Waals surface area (Å²) in [5.41, 5.74) is 3.75. The van der Waals surface area contributed by atoms with Gasteiger partial charge in [-0.05, 0) is 79.9 Å². The number of fused-ring (bicyclic) bond motifs is 1. The van der Waals surface area contributed by atoms with Gasteiger partial charge in [0.2, 0.25) is 5.91 Å². The molecule has 4 heteroatoms. The van der Waals surface area contributed by atoms with Crippen LogP contribution in [0.5, 0.6) is 0 Å². The molecule has 3 nitrogen and oxygen atoms in total. The Morgan fingerprint density at radius 2 is 1.81 bits per heavy atom. The van der Waals surface area contributed by atoms with Crippen molar-refractivity contribution in [2.45, 2.75) is 53.5 Å². The number of carbonyl (C=O) groups excluding carboxylic acids is 1. The van der Waals surface area contributed by atoms with E-state index in [1.54, 1.807) is 6.08 Å². The van der Waals surface area contributed by atoms with E-state index in [4.69, 9.17) is 11.6 Å². The molecule has 0 radical (unpaired) electrons. The minimum atomic E-state index is -0.0567. The first-order chi connectivity index (χ1) is 15.5. The Bertz CT molecular complexity index is 843. The zero-order valence-electron chi connectivity index (χ0n) is 20.1. The van der Waals surface area contributed by atoms with Crippen molar-refractivity contribution in [1.29, 1.82) is 0 Å². The number of hydrogen-bond donors (Lipinski definition) is 1. The van der Waals surface area contributed by atoms with Crippen LogP contribution in [0, 0.1) is 11.8 Å². The molecule has 0 spiro atoms. The molecule has 1 N–H and O–H groups in total. The molecule has 0 aromatic heterocycles. The third-order valence-corrected chi connectivity index (χ3v) is 5.91. The van der Waals surface area contributed by atoms with E-state index < -0.39 is 0 Å². The summed E-state index contributed by atoms with van der Waals surface area (Å²) >= 11 is 6.13. The molecule has 3 rings (SSSR count). The maximum Gasteiger partial charge on any atom is 0.243 e. The van der Waals surface area contributed by atoms with Gasteiger partial charge in [0, 0.05) is 37.3 Å². The SMILES string of the molecule is CCc1cc(Cl)cc(CN2CC3CC3C2)c1.C\C=C/C=C(\C=C\CC)/C=C/C(=O)NCC. The fourth-order valence-corrected chi connectivity index (χ4v) is 4.21. The molecular weight excluding hydrogens is 416 g/mol. The van der Waals surface area contributed by atoms with E-state index in [0.29, 0.717) is 6.54 Å². The van der Waals surface area contributed by atoms with Crippen LogP contribution in [0.3, 0.4) is 0 Å². The van der Waals surface area contributed by atoms with Crippen LogP contribution >= 0.6 is 11.6 Å². The van der Waals surface area contributed by atoms with Gasteiger partial charge in [-0.15, -0.1) is 0 Å². The average molecular weight is 455 g/mol. The first kappa shape index (κ1) is 26.2. The molecule has 2 atom stereocenters. The normalized spacial score (nSPS) is 20.6. The summed E-state index contributed by atoms with van der Waals surface area (Å²) in [6.45, 7) is 12.5. The quantitative estimate of drug-likeness (QED) is 0.341. The lowest BCUT2D eigenvalue weighted by Gasteiger charge is -2.18. The van der Waals surface area contributed by atoms with Gasteiger partial charge in [-0.25, -0.2) is 0 Å². The van der Waals surface area contributed by atoms with Crippen molar-refractivity contribution in [2.75, 3.05) is 19.6 Å². The van der Waals surface area contributed by atoms with E-state index in [9.17, 15) is 4.79 Å². The lowest BCUT2D eigenvalue weighted by molar-refractivity contribution is -0.116. The molecule has 2 unspecified atom stereocenters. The number of nitrogens with one attached hydrogen (secondary N) is 1. The van der Waals surface area contributed by atoms with Crippen LogP contribution in [0.2, 0.25) is 5.02 Å². The summed E-state index contributed by atoms with van der Waals surface area (Å²) in [4.78, 5) is 13.8. The molecule has 1 aliphatic carbocycles. The van der Waals surface area contributed by atoms with Gasteiger partial charge in [-0.3, -0.25) is 9.69 Å². The van der Waals surface area contributed by atoms with Crippen molar-refractivity contribution >= 4 is 17.5 Å². The predicted molar refractivity (Wildman–Crippen MR) is 138 cm³/mol. The Morgan fingerprint density at radius 1 is 1.09 bits per heavy atom. The van der Waals surface area contributed by atoms with Crippen molar-refractivity contribution in [3.8, 4) is 0 Å². The summed E-state index contributed by atoms with van der Waals surface area (Å²) in [7, 11) is 0. The number of halogens is 1. The molecule has 1 aromatic rings. The summed E-state index contributed by atoms with van der Waals surface area (Å²) in [5, 5.41) is 3.61. The fraction of sp³-hybridized carbons (Fsp3) is 0.464. The van der Waals surface area contributed by atoms with E-state index in [1.165, 1.54) is 30.6 Å². The van der Waals surface area contributed by atoms with Crippen LogP contribution in [0.25, 0.3) is 0 Å². The van der Waals surface area contributed by atoms with Crippen LogP contribution < -0.4 is 5.32 Å². The number of hydrogen-bond acceptors (Lipinski definition) is 2. The molecule has 1 aliphatic heterocycles. The summed E-state index contributed by atoms with van der Waals surface area (Å²) in [5.74, 6) is 1.98. The third kappa shape index (κ3) is 9.58. The lowest BCUT2D eigenvalue weighted by atomic mass is 10.1. The van der Waals surface area contributed by atoms with Gasteiger partial charge in [0.15, 0.2) is 0 Å². The van der Waals surface area contributed by atoms with E-state index in [2.05, 4.69) is 48.3 Å². The first-order valence-electron chi connectivity index (χ1n) is 11.9. The number of amides is 1. The second-order valence-corrected chi connectivity index (χ2v) is 8.94. The molecular formula is C28H39ClN2O. The molecule has 2 fully saturated rings. The first-order valence-corrected chi connectivity index (χ1v) is 12.3. The Balaban J connectivity index is 0.000000227. The minimum Gasteiger partial charge on any atom is -0.353 e. The predicted octanol–water partition coefficient (Wildman–Crippen LogP) is 6.50. The maximum atomic E-state index is 11.2. The molecule has 1 aromatic carbocycles. The molecule has 1 saturated carbocycles. The van der Waals surface area contributed by atoms with Crippen molar-refractivity contribution < 1.29 is 4.79 Å². The minimum absolute atomic E-state index is 0.0567. The lowest BCUT2D eigenvalue weighted by Crippen LogP contribution is -2.22. The topological polar surface area (TPSA) is 32.3 Å². The highest BCUT2D eigenvalue weighted by atomic mass is 35.5. The van der Waals surface area contributed by atoms with Crippen molar-refractivity contribution in [2.24, 2.45) is 11.8 Å². The number of benzene rings is 1. The largest absolute Gasteiger partial charge is 0.353 e. The molecule has 0 bridgehead atoms. The van der Waals surface area contributed by atoms with E-state index in [0.717, 1.165) is 41.8 Å². The molecule has 32 heavy (non-hydrogen) atoms. The Hall–Kier alpha value is -2.10. The highest BCUT2D eigenvalue weighted by Gasteiger charge is 2.44. The number of carbonyl (C=O) groups is 1. The number of piperidine rings is 1. The zero-order chi connectivity index (χ0) is 23.3. The maximum absolute atomic E-state index is 11.2. The Morgan fingerprint density at radius 3 is 2.44 bits per heavy atom. The van der Waals surface area contributed by atoms with Crippen molar-refractivity contribution in [3.05, 3.63) is 82.5 Å². The van der Waals surface area contributed by atoms with Gasteiger partial charge in [0.1, 0.15) is 0 Å². The highest BCUT2D eigenvalue weighted by molar-refractivity contribution is 6.30. The van der Waals surface area contributed by atoms with Crippen molar-refractivity contribution in [1.82, 2.24) is 10.2 Å². The van der Waals surface area contributed by atoms with Gasteiger partial charge in [-0.1, -0.05) is 61.9 Å². The van der Waals surface area contributed by atoms with Gasteiger partial charge in [0.25, 0.3) is 0 Å². The number of rotatable bonds is 9. The van der Waals surface area contributed by atoms with Gasteiger partial charge in [-0.2, -0.15) is 0 Å². The fourth-order valence-electron chi connectivity index (χ4n) is 3.93. The average Bonchev–Trinajstić information content (AvgIpc) is 3.39. The second kappa shape index (κ2) is 14.1. The summed E-state index contributed by atoms with van der Waals surface area (Å²) in [6, 6.07) is 6.49. The monoisotopic (exact) mass is 454 g/mol. The number of likely N-dealkylation sites (N-methyl/N-ethyl adjacent to an activating group) is 1. The Kier molecular flexibility index (Phi) is 11.5. The van der Waals surface area contributed by atoms with Crippen LogP contribution in [0.1, 0.15) is 51.7 Å². The molecule has 1 saturated heterocycles. The van der Waals surface area contributed by atoms with Crippen LogP contribution in [-0.2, 0) is 17.8 Å². The number of aryl methyl sites for hydroxylation is 1. The second-order valence-electron chi connectivity index (χ2n) is 8.50. The van der Waals surface area contributed by atoms with Gasteiger partial charge >= 0.3 is 0 Å². The summed E-state index contributed by atoms with van der Waals surface area (Å²) < 4.78 is 0. The van der Waals surface area contributed by atoms with Crippen LogP contribution in [0.15, 0.2) is 66.3 Å². The van der Waals surface area contributed by atoms with Gasteiger partial charge in [0.05, 0.1) is 0 Å². The molecule has 1 heterocycles. The molecule has 1 amide bonds. The standard InChI is InChI=1S/C14H18ClN.C14H21NO/c1-2-10-3-11(5-14(15)4-10)7-16-8-12-6-13(12)9-16;1-4-7-9-13(10-8-5-2)11-12-14(16)15-6-3/h3-5,12-13H,2,6-9H2,1H3;4,7-12H,5-6H2,1-3H3,(H,15,16)/b;7-4-,10-8+,12-11+,13-9+. The zero-order valence-corrected chi connectivity index (χ0v) is 20.9. The van der Waals surface area contributed by atoms with Gasteiger partial charge < -0.3 is 5.32 Å². The molecule has 2 aliphatic rings. The van der Waals surface area contributed by atoms with E-state index in [-0.39, 0.29) is 5.91 Å². The smallest absolute Gasteiger partial charge is 0.243 e. The molecule has 174 valence electrons. The number of nitrogens with zero attached hydrogens (tertiary/aromatic N) is 1. The Labute approximate surface area is 199 Å². The van der Waals surface area contributed by atoms with E-state index in [1.807, 2.05) is 44.2 Å². The van der Waals surface area contributed by atoms with E-state index >= 15 is 0 Å².